The van der Waals surface area contributed by atoms with Crippen molar-refractivity contribution in [2.24, 2.45) is 5.92 Å². The van der Waals surface area contributed by atoms with Crippen LogP contribution in [-0.4, -0.2) is 46.4 Å². The second-order valence-corrected chi connectivity index (χ2v) is 11.6. The van der Waals surface area contributed by atoms with Crippen LogP contribution in [-0.2, 0) is 6.42 Å². The Morgan fingerprint density at radius 3 is 2.70 bits per heavy atom. The van der Waals surface area contributed by atoms with E-state index in [2.05, 4.69) is 53.6 Å². The van der Waals surface area contributed by atoms with Crippen molar-refractivity contribution < 1.29 is 9.18 Å². The quantitative estimate of drug-likeness (QED) is 0.330. The Hall–Kier alpha value is -3.45. The number of rotatable bonds is 8. The van der Waals surface area contributed by atoms with Gasteiger partial charge < -0.3 is 10.6 Å². The zero-order valence-electron chi connectivity index (χ0n) is 23.6. The molecule has 0 radical (unpaired) electrons. The summed E-state index contributed by atoms with van der Waals surface area (Å²) in [6.45, 7) is 7.33. The number of allylic oxidation sites excluding steroid dienone is 2. The van der Waals surface area contributed by atoms with Crippen molar-refractivity contribution in [3.63, 3.8) is 0 Å². The first-order valence-electron chi connectivity index (χ1n) is 14.9. The SMILES string of the molecule is CCN1CCCC1CNC(=O)NC(C[C@H]1CCC2=C1[C@@H](C)c1cnn(-c3ccc(F)cc3)c1C2)c1ccccc1. The van der Waals surface area contributed by atoms with Gasteiger partial charge in [-0.1, -0.05) is 55.3 Å². The van der Waals surface area contributed by atoms with E-state index in [4.69, 9.17) is 5.10 Å². The molecule has 0 saturated carbocycles. The van der Waals surface area contributed by atoms with Crippen molar-refractivity contribution in [2.45, 2.75) is 70.4 Å². The lowest BCUT2D eigenvalue weighted by Crippen LogP contribution is -2.45. The van der Waals surface area contributed by atoms with Gasteiger partial charge in [-0.15, -0.1) is 0 Å². The minimum absolute atomic E-state index is 0.0561. The molecular weight excluding hydrogens is 501 g/mol. The molecule has 0 spiro atoms. The summed E-state index contributed by atoms with van der Waals surface area (Å²) in [6, 6.07) is 17.3. The number of likely N-dealkylation sites (tertiary alicyclic amines) is 1. The van der Waals surface area contributed by atoms with Crippen LogP contribution in [0.5, 0.6) is 0 Å². The Morgan fingerprint density at radius 1 is 1.12 bits per heavy atom. The Morgan fingerprint density at radius 2 is 1.93 bits per heavy atom. The molecule has 210 valence electrons. The van der Waals surface area contributed by atoms with E-state index in [9.17, 15) is 9.18 Å². The van der Waals surface area contributed by atoms with Gasteiger partial charge in [-0.05, 0) is 80.9 Å². The summed E-state index contributed by atoms with van der Waals surface area (Å²) in [7, 11) is 0. The van der Waals surface area contributed by atoms with E-state index < -0.39 is 0 Å². The standard InChI is InChI=1S/C33H40FN5O/c1-3-38-17-7-10-28(38)20-35-33(40)37-30(23-8-5-4-6-9-23)18-24-11-12-25-19-31-29(22(2)32(24)25)21-36-39(31)27-15-13-26(34)14-16-27/h4-6,8-9,13-16,21-22,24,28,30H,3,7,10-12,17-20H2,1-2H3,(H2,35,37,40)/t22-,24+,28?,30?/m0/s1. The highest BCUT2D eigenvalue weighted by Crippen LogP contribution is 2.49. The van der Waals surface area contributed by atoms with Gasteiger partial charge in [0.15, 0.2) is 0 Å². The van der Waals surface area contributed by atoms with Crippen molar-refractivity contribution in [2.75, 3.05) is 19.6 Å². The van der Waals surface area contributed by atoms with E-state index in [-0.39, 0.29) is 23.8 Å². The maximum Gasteiger partial charge on any atom is 0.315 e. The number of carbonyl (C=O) groups is 1. The molecule has 3 aliphatic rings. The summed E-state index contributed by atoms with van der Waals surface area (Å²) in [6.07, 6.45) is 8.27. The van der Waals surface area contributed by atoms with E-state index in [1.807, 2.05) is 16.9 Å². The average molecular weight is 542 g/mol. The van der Waals surface area contributed by atoms with Gasteiger partial charge >= 0.3 is 6.03 Å². The van der Waals surface area contributed by atoms with Gasteiger partial charge in [0.25, 0.3) is 0 Å². The number of likely N-dealkylation sites (N-methyl/N-ethyl adjacent to an activating group) is 1. The van der Waals surface area contributed by atoms with Gasteiger partial charge in [-0.25, -0.2) is 13.9 Å². The lowest BCUT2D eigenvalue weighted by molar-refractivity contribution is 0.224. The number of halogens is 1. The Balaban J connectivity index is 1.18. The minimum Gasteiger partial charge on any atom is -0.337 e. The maximum atomic E-state index is 13.5. The van der Waals surface area contributed by atoms with E-state index >= 15 is 0 Å². The molecule has 40 heavy (non-hydrogen) atoms. The number of fused-ring (bicyclic) bond motifs is 1. The molecule has 1 saturated heterocycles. The number of nitrogens with zero attached hydrogens (tertiary/aromatic N) is 3. The van der Waals surface area contributed by atoms with E-state index in [1.54, 1.807) is 12.1 Å². The van der Waals surface area contributed by atoms with Crippen molar-refractivity contribution in [1.29, 1.82) is 0 Å². The average Bonchev–Trinajstić information content (AvgIpc) is 3.71. The Labute approximate surface area is 236 Å². The molecule has 2 aliphatic carbocycles. The molecule has 2 aromatic carbocycles. The number of aromatic nitrogens is 2. The summed E-state index contributed by atoms with van der Waals surface area (Å²) in [5.74, 6) is 0.440. The molecular formula is C33H40FN5O. The Kier molecular flexibility index (Phi) is 7.74. The molecule has 6 nitrogen and oxygen atoms in total. The predicted molar refractivity (Wildman–Crippen MR) is 156 cm³/mol. The van der Waals surface area contributed by atoms with Gasteiger partial charge in [-0.2, -0.15) is 5.10 Å². The van der Waals surface area contributed by atoms with Crippen molar-refractivity contribution in [1.82, 2.24) is 25.3 Å². The number of nitrogens with one attached hydrogen (secondary N) is 2. The van der Waals surface area contributed by atoms with Crippen molar-refractivity contribution >= 4 is 6.03 Å². The zero-order valence-corrected chi connectivity index (χ0v) is 23.6. The number of benzene rings is 2. The van der Waals surface area contributed by atoms with Gasteiger partial charge in [-0.3, -0.25) is 4.90 Å². The second kappa shape index (κ2) is 11.6. The second-order valence-electron chi connectivity index (χ2n) is 11.6. The molecule has 1 fully saturated rings. The van der Waals surface area contributed by atoms with Crippen LogP contribution in [0.25, 0.3) is 5.69 Å². The van der Waals surface area contributed by atoms with E-state index in [0.29, 0.717) is 18.5 Å². The number of hydrogen-bond acceptors (Lipinski definition) is 3. The van der Waals surface area contributed by atoms with Gasteiger partial charge in [0.2, 0.25) is 0 Å². The first-order chi connectivity index (χ1) is 19.5. The molecule has 7 heteroatoms. The smallest absolute Gasteiger partial charge is 0.315 e. The summed E-state index contributed by atoms with van der Waals surface area (Å²) < 4.78 is 15.5. The molecule has 2 amide bonds. The first-order valence-corrected chi connectivity index (χ1v) is 14.9. The van der Waals surface area contributed by atoms with Crippen LogP contribution in [0.1, 0.15) is 74.7 Å². The molecule has 6 rings (SSSR count). The number of hydrogen-bond donors (Lipinski definition) is 2. The number of amides is 2. The summed E-state index contributed by atoms with van der Waals surface area (Å²) >= 11 is 0. The van der Waals surface area contributed by atoms with Crippen molar-refractivity contribution in [3.05, 3.63) is 94.6 Å². The van der Waals surface area contributed by atoms with E-state index in [1.165, 1.54) is 41.0 Å². The molecule has 0 bridgehead atoms. The molecule has 3 aromatic rings. The van der Waals surface area contributed by atoms with Crippen LogP contribution in [0.4, 0.5) is 9.18 Å². The van der Waals surface area contributed by atoms with Crippen molar-refractivity contribution in [3.8, 4) is 5.69 Å². The highest BCUT2D eigenvalue weighted by atomic mass is 19.1. The maximum absolute atomic E-state index is 13.5. The summed E-state index contributed by atoms with van der Waals surface area (Å²) in [5, 5.41) is 11.2. The lowest BCUT2D eigenvalue weighted by Gasteiger charge is -2.30. The third kappa shape index (κ3) is 5.31. The fourth-order valence-electron chi connectivity index (χ4n) is 7.34. The number of carbonyl (C=O) groups excluding carboxylic acids is 1. The van der Waals surface area contributed by atoms with E-state index in [0.717, 1.165) is 56.4 Å². The monoisotopic (exact) mass is 541 g/mol. The largest absolute Gasteiger partial charge is 0.337 e. The Bertz CT molecular complexity index is 1370. The van der Waals surface area contributed by atoms with Crippen LogP contribution < -0.4 is 10.6 Å². The van der Waals surface area contributed by atoms with Gasteiger partial charge in [0.05, 0.1) is 23.6 Å². The summed E-state index contributed by atoms with van der Waals surface area (Å²) in [5.41, 5.74) is 7.55. The topological polar surface area (TPSA) is 62.2 Å². The highest BCUT2D eigenvalue weighted by molar-refractivity contribution is 5.74. The van der Waals surface area contributed by atoms with Gasteiger partial charge in [0.1, 0.15) is 5.82 Å². The summed E-state index contributed by atoms with van der Waals surface area (Å²) in [4.78, 5) is 15.6. The van der Waals surface area contributed by atoms with Crippen LogP contribution >= 0.6 is 0 Å². The van der Waals surface area contributed by atoms with Crippen LogP contribution in [0.15, 0.2) is 71.9 Å². The van der Waals surface area contributed by atoms with Crippen LogP contribution in [0.3, 0.4) is 0 Å². The predicted octanol–water partition coefficient (Wildman–Crippen LogP) is 6.29. The van der Waals surface area contributed by atoms with Gasteiger partial charge in [0, 0.05) is 30.5 Å². The number of urea groups is 1. The third-order valence-electron chi connectivity index (χ3n) is 9.36. The fraction of sp³-hybridized carbons (Fsp3) is 0.455. The lowest BCUT2D eigenvalue weighted by atomic mass is 9.78. The fourth-order valence-corrected chi connectivity index (χ4v) is 7.34. The molecule has 2 N–H and O–H groups in total. The molecule has 1 aromatic heterocycles. The van der Waals surface area contributed by atoms with Crippen LogP contribution in [0, 0.1) is 11.7 Å². The normalized spacial score (nSPS) is 23.1. The zero-order chi connectivity index (χ0) is 27.6. The molecule has 4 atom stereocenters. The molecule has 2 heterocycles. The third-order valence-corrected chi connectivity index (χ3v) is 9.36. The highest BCUT2D eigenvalue weighted by Gasteiger charge is 2.37. The minimum atomic E-state index is -0.237. The first kappa shape index (κ1) is 26.8. The van der Waals surface area contributed by atoms with Crippen LogP contribution in [0.2, 0.25) is 0 Å². The molecule has 1 aliphatic heterocycles. The molecule has 2 unspecified atom stereocenters.